The number of carbonyl (C=O) groups is 1. The monoisotopic (exact) mass is 326 g/mol. The van der Waals surface area contributed by atoms with Gasteiger partial charge in [-0.05, 0) is 49.6 Å². The molecule has 0 bridgehead atoms. The first kappa shape index (κ1) is 16.0. The normalized spacial score (nSPS) is 13.4. The number of nitro groups is 1. The van der Waals surface area contributed by atoms with Crippen molar-refractivity contribution in [1.29, 1.82) is 0 Å². The minimum absolute atomic E-state index is 0.0656. The quantitative estimate of drug-likeness (QED) is 0.646. The molecule has 0 saturated heterocycles. The molecule has 1 amide bonds. The molecule has 1 saturated carbocycles. The van der Waals surface area contributed by atoms with Gasteiger partial charge in [-0.3, -0.25) is 14.9 Å². The Labute approximate surface area is 139 Å². The van der Waals surface area contributed by atoms with Crippen molar-refractivity contribution in [1.82, 2.24) is 0 Å². The molecular weight excluding hydrogens is 308 g/mol. The molecule has 2 aromatic carbocycles. The van der Waals surface area contributed by atoms with Crippen molar-refractivity contribution < 1.29 is 14.5 Å². The summed E-state index contributed by atoms with van der Waals surface area (Å²) >= 11 is 0. The molecule has 0 aromatic heterocycles. The van der Waals surface area contributed by atoms with E-state index >= 15 is 0 Å². The van der Waals surface area contributed by atoms with Crippen molar-refractivity contribution in [3.63, 3.8) is 0 Å². The van der Waals surface area contributed by atoms with Crippen LogP contribution in [0.25, 0.3) is 0 Å². The Morgan fingerprint density at radius 2 is 1.96 bits per heavy atom. The first-order valence-electron chi connectivity index (χ1n) is 7.81. The number of nitro benzene ring substituents is 1. The molecular formula is C18H18N2O4. The van der Waals surface area contributed by atoms with Gasteiger partial charge in [0.2, 0.25) is 5.91 Å². The van der Waals surface area contributed by atoms with Gasteiger partial charge < -0.3 is 10.1 Å². The minimum atomic E-state index is -0.393. The highest BCUT2D eigenvalue weighted by Crippen LogP contribution is 2.30. The number of nitrogens with zero attached hydrogens (tertiary/aromatic N) is 1. The van der Waals surface area contributed by atoms with Crippen LogP contribution in [-0.4, -0.2) is 10.8 Å². The summed E-state index contributed by atoms with van der Waals surface area (Å²) in [5.74, 6) is 0.874. The van der Waals surface area contributed by atoms with Crippen LogP contribution in [0.15, 0.2) is 42.5 Å². The van der Waals surface area contributed by atoms with Crippen LogP contribution in [0.5, 0.6) is 5.75 Å². The smallest absolute Gasteiger partial charge is 0.272 e. The van der Waals surface area contributed by atoms with Crippen LogP contribution in [0, 0.1) is 23.0 Å². The molecule has 0 spiro atoms. The van der Waals surface area contributed by atoms with Gasteiger partial charge in [0.25, 0.3) is 5.69 Å². The second kappa shape index (κ2) is 6.70. The maximum Gasteiger partial charge on any atom is 0.272 e. The Morgan fingerprint density at radius 3 is 2.58 bits per heavy atom. The molecule has 6 nitrogen and oxygen atoms in total. The van der Waals surface area contributed by atoms with E-state index in [0.717, 1.165) is 24.1 Å². The van der Waals surface area contributed by atoms with Crippen LogP contribution in [0.1, 0.15) is 24.0 Å². The summed E-state index contributed by atoms with van der Waals surface area (Å²) in [6, 6.07) is 12.1. The van der Waals surface area contributed by atoms with E-state index < -0.39 is 4.92 Å². The summed E-state index contributed by atoms with van der Waals surface area (Å²) in [6.07, 6.45) is 1.94. The topological polar surface area (TPSA) is 81.5 Å². The Balaban J connectivity index is 1.61. The van der Waals surface area contributed by atoms with Gasteiger partial charge in [-0.15, -0.1) is 0 Å². The van der Waals surface area contributed by atoms with Gasteiger partial charge in [0.15, 0.2) is 0 Å². The van der Waals surface area contributed by atoms with Crippen molar-refractivity contribution in [2.75, 3.05) is 5.32 Å². The van der Waals surface area contributed by atoms with Crippen molar-refractivity contribution in [3.05, 3.63) is 63.7 Å². The van der Waals surface area contributed by atoms with Gasteiger partial charge in [0.1, 0.15) is 12.4 Å². The number of amides is 1. The van der Waals surface area contributed by atoms with Gasteiger partial charge in [-0.2, -0.15) is 0 Å². The van der Waals surface area contributed by atoms with Crippen molar-refractivity contribution in [2.24, 2.45) is 5.92 Å². The number of benzene rings is 2. The molecule has 1 N–H and O–H groups in total. The summed E-state index contributed by atoms with van der Waals surface area (Å²) < 4.78 is 5.69. The summed E-state index contributed by atoms with van der Waals surface area (Å²) in [7, 11) is 0. The van der Waals surface area contributed by atoms with E-state index in [0.29, 0.717) is 11.3 Å². The van der Waals surface area contributed by atoms with Crippen molar-refractivity contribution >= 4 is 17.3 Å². The van der Waals surface area contributed by atoms with Crippen LogP contribution >= 0.6 is 0 Å². The van der Waals surface area contributed by atoms with Crippen LogP contribution < -0.4 is 10.1 Å². The van der Waals surface area contributed by atoms with Crippen LogP contribution in [0.4, 0.5) is 11.4 Å². The zero-order valence-electron chi connectivity index (χ0n) is 13.3. The number of rotatable bonds is 6. The highest BCUT2D eigenvalue weighted by atomic mass is 16.6. The lowest BCUT2D eigenvalue weighted by atomic mass is 10.1. The van der Waals surface area contributed by atoms with Gasteiger partial charge >= 0.3 is 0 Å². The number of hydrogen-bond donors (Lipinski definition) is 1. The highest BCUT2D eigenvalue weighted by Gasteiger charge is 2.29. The van der Waals surface area contributed by atoms with Gasteiger partial charge in [-0.1, -0.05) is 12.1 Å². The Hall–Kier alpha value is -2.89. The molecule has 0 aliphatic heterocycles. The molecule has 1 fully saturated rings. The third kappa shape index (κ3) is 3.71. The summed E-state index contributed by atoms with van der Waals surface area (Å²) in [4.78, 5) is 22.3. The lowest BCUT2D eigenvalue weighted by Crippen LogP contribution is -2.13. The molecule has 0 atom stereocenters. The second-order valence-electron chi connectivity index (χ2n) is 5.89. The lowest BCUT2D eigenvalue weighted by Gasteiger charge is -2.10. The predicted molar refractivity (Wildman–Crippen MR) is 90.0 cm³/mol. The number of ether oxygens (including phenoxy) is 1. The van der Waals surface area contributed by atoms with Crippen molar-refractivity contribution in [2.45, 2.75) is 26.4 Å². The second-order valence-corrected chi connectivity index (χ2v) is 5.89. The molecule has 0 radical (unpaired) electrons. The maximum atomic E-state index is 11.7. The molecule has 3 rings (SSSR count). The van der Waals surface area contributed by atoms with Gasteiger partial charge in [-0.25, -0.2) is 0 Å². The molecule has 1 aliphatic rings. The maximum absolute atomic E-state index is 11.7. The predicted octanol–water partition coefficient (Wildman–Crippen LogP) is 3.83. The van der Waals surface area contributed by atoms with Gasteiger partial charge in [0.05, 0.1) is 4.92 Å². The molecule has 1 aliphatic carbocycles. The zero-order chi connectivity index (χ0) is 17.1. The average molecular weight is 326 g/mol. The minimum Gasteiger partial charge on any atom is -0.489 e. The summed E-state index contributed by atoms with van der Waals surface area (Å²) in [6.45, 7) is 1.97. The fraction of sp³-hybridized carbons (Fsp3) is 0.278. The fourth-order valence-electron chi connectivity index (χ4n) is 2.41. The number of hydrogen-bond acceptors (Lipinski definition) is 4. The molecule has 0 unspecified atom stereocenters. The molecule has 124 valence electrons. The summed E-state index contributed by atoms with van der Waals surface area (Å²) in [5.41, 5.74) is 2.21. The first-order valence-corrected chi connectivity index (χ1v) is 7.81. The highest BCUT2D eigenvalue weighted by molar-refractivity contribution is 5.94. The largest absolute Gasteiger partial charge is 0.489 e. The zero-order valence-corrected chi connectivity index (χ0v) is 13.3. The van der Waals surface area contributed by atoms with Gasteiger partial charge in [0, 0.05) is 23.2 Å². The Morgan fingerprint density at radius 1 is 1.25 bits per heavy atom. The molecule has 6 heteroatoms. The van der Waals surface area contributed by atoms with E-state index in [1.54, 1.807) is 37.3 Å². The Bertz CT molecular complexity index is 767. The third-order valence-corrected chi connectivity index (χ3v) is 4.08. The third-order valence-electron chi connectivity index (χ3n) is 4.08. The lowest BCUT2D eigenvalue weighted by molar-refractivity contribution is -0.385. The molecule has 2 aromatic rings. The standard InChI is InChI=1S/C18H18N2O4/c1-12-14(3-2-4-17(12)20(22)23)11-24-16-9-7-15(8-10-16)19-18(21)13-5-6-13/h2-4,7-10,13H,5-6,11H2,1H3,(H,19,21). The van der Waals surface area contributed by atoms with E-state index in [4.69, 9.17) is 4.74 Å². The number of anilines is 1. The van der Waals surface area contributed by atoms with Crippen LogP contribution in [0.3, 0.4) is 0 Å². The molecule has 0 heterocycles. The summed E-state index contributed by atoms with van der Waals surface area (Å²) in [5, 5.41) is 13.8. The van der Waals surface area contributed by atoms with Crippen LogP contribution in [-0.2, 0) is 11.4 Å². The van der Waals surface area contributed by atoms with Crippen LogP contribution in [0.2, 0.25) is 0 Å². The van der Waals surface area contributed by atoms with Crippen molar-refractivity contribution in [3.8, 4) is 5.75 Å². The number of carbonyl (C=O) groups excluding carboxylic acids is 1. The fourth-order valence-corrected chi connectivity index (χ4v) is 2.41. The first-order chi connectivity index (χ1) is 11.5. The van der Waals surface area contributed by atoms with E-state index in [-0.39, 0.29) is 24.1 Å². The van der Waals surface area contributed by atoms with E-state index in [1.165, 1.54) is 6.07 Å². The number of nitrogens with one attached hydrogen (secondary N) is 1. The average Bonchev–Trinajstić information content (AvgIpc) is 3.40. The Kier molecular flexibility index (Phi) is 4.46. The SMILES string of the molecule is Cc1c(COc2ccc(NC(=O)C3CC3)cc2)cccc1[N+](=O)[O-]. The van der Waals surface area contributed by atoms with E-state index in [1.807, 2.05) is 6.07 Å². The van der Waals surface area contributed by atoms with E-state index in [9.17, 15) is 14.9 Å². The molecule has 24 heavy (non-hydrogen) atoms. The van der Waals surface area contributed by atoms with E-state index in [2.05, 4.69) is 5.32 Å².